The molecule has 2 heterocycles. The molecule has 1 aromatic carbocycles. The van der Waals surface area contributed by atoms with Crippen LogP contribution in [-0.2, 0) is 51.2 Å². The number of carbonyl (C=O) groups is 4. The number of aromatic nitrogens is 1. The number of hydrogen-bond acceptors (Lipinski definition) is 16. The first-order valence-electron chi connectivity index (χ1n) is 12.2. The molecule has 3 rings (SSSR count). The predicted molar refractivity (Wildman–Crippen MR) is 153 cm³/mol. The van der Waals surface area contributed by atoms with Gasteiger partial charge in [-0.15, -0.1) is 11.3 Å². The van der Waals surface area contributed by atoms with E-state index < -0.39 is 79.3 Å². The number of benzene rings is 1. The number of nitro benzene ring substituents is 1. The van der Waals surface area contributed by atoms with E-state index in [1.54, 1.807) is 0 Å². The normalized spacial score (nSPS) is 17.0. The maximum Gasteiger partial charge on any atom is 0.362 e. The van der Waals surface area contributed by atoms with Gasteiger partial charge in [0.1, 0.15) is 18.3 Å². The van der Waals surface area contributed by atoms with Crippen LogP contribution in [0.4, 0.5) is 15.6 Å². The van der Waals surface area contributed by atoms with Crippen LogP contribution in [0.15, 0.2) is 34.8 Å². The van der Waals surface area contributed by atoms with Gasteiger partial charge in [-0.2, -0.15) is 16.8 Å². The van der Waals surface area contributed by atoms with Crippen LogP contribution in [0.25, 0.3) is 0 Å². The minimum absolute atomic E-state index is 0.0403. The molecule has 1 aromatic heterocycles. The van der Waals surface area contributed by atoms with Gasteiger partial charge in [0.15, 0.2) is 10.8 Å². The fourth-order valence-corrected chi connectivity index (χ4v) is 5.29. The average molecular weight is 709 g/mol. The maximum atomic E-state index is 13.2. The van der Waals surface area contributed by atoms with Crippen molar-refractivity contribution in [3.05, 3.63) is 51.0 Å². The van der Waals surface area contributed by atoms with E-state index in [4.69, 9.17) is 19.9 Å². The van der Waals surface area contributed by atoms with Gasteiger partial charge in [-0.1, -0.05) is 5.16 Å². The van der Waals surface area contributed by atoms with Gasteiger partial charge in [0, 0.05) is 24.1 Å². The van der Waals surface area contributed by atoms with Crippen molar-refractivity contribution in [3.8, 4) is 0 Å². The zero-order chi connectivity index (χ0) is 34.6. The molecule has 1 aliphatic rings. The fraction of sp³-hybridized carbons (Fsp3) is 0.333. The Morgan fingerprint density at radius 1 is 1.20 bits per heavy atom. The second-order valence-corrected chi connectivity index (χ2v) is 12.9. The number of hydrogen-bond donors (Lipinski definition) is 6. The monoisotopic (exact) mass is 708 g/mol. The van der Waals surface area contributed by atoms with Crippen molar-refractivity contribution in [3.63, 3.8) is 0 Å². The molecule has 0 unspecified atom stereocenters. The number of esters is 1. The van der Waals surface area contributed by atoms with Gasteiger partial charge < -0.3 is 25.9 Å². The Hall–Kier alpha value is -4.98. The highest BCUT2D eigenvalue weighted by Crippen LogP contribution is 2.24. The average Bonchev–Trinajstić information content (AvgIpc) is 3.36. The van der Waals surface area contributed by atoms with Crippen molar-refractivity contribution in [2.75, 3.05) is 12.3 Å². The first kappa shape index (κ1) is 35.5. The van der Waals surface area contributed by atoms with Crippen LogP contribution in [-0.4, -0.2) is 93.9 Å². The number of urea groups is 1. The number of nitrogens with one attached hydrogen (secondary N) is 3. The van der Waals surface area contributed by atoms with Crippen LogP contribution in [0.5, 0.6) is 0 Å². The molecule has 25 heteroatoms. The number of ether oxygens (including phenoxy) is 1. The minimum Gasteiger partial charge on any atom is -0.458 e. The Labute approximate surface area is 262 Å². The zero-order valence-corrected chi connectivity index (χ0v) is 25.8. The number of nitrogens with zero attached hydrogens (tertiary/aromatic N) is 4. The van der Waals surface area contributed by atoms with E-state index in [1.165, 1.54) is 43.5 Å². The third-order valence-electron chi connectivity index (χ3n) is 5.75. The quantitative estimate of drug-likeness (QED) is 0.0343. The molecule has 2 atom stereocenters. The van der Waals surface area contributed by atoms with Crippen molar-refractivity contribution >= 4 is 72.3 Å². The molecule has 0 spiro atoms. The molecule has 0 bridgehead atoms. The van der Waals surface area contributed by atoms with E-state index in [-0.39, 0.29) is 27.4 Å². The highest BCUT2D eigenvalue weighted by molar-refractivity contribution is 7.84. The number of β-lactam (4-membered cyclic amide) rings is 1. The van der Waals surface area contributed by atoms with E-state index in [0.717, 1.165) is 16.1 Å². The maximum absolute atomic E-state index is 13.2. The van der Waals surface area contributed by atoms with Gasteiger partial charge in [0.25, 0.3) is 17.5 Å². The third-order valence-corrected chi connectivity index (χ3v) is 7.82. The summed E-state index contributed by atoms with van der Waals surface area (Å²) in [6.07, 6.45) is 0. The molecule has 250 valence electrons. The molecule has 7 N–H and O–H groups in total. The molecule has 0 saturated carbocycles. The van der Waals surface area contributed by atoms with Crippen molar-refractivity contribution < 1.29 is 59.6 Å². The number of nitro groups is 1. The van der Waals surface area contributed by atoms with E-state index in [9.17, 15) is 50.7 Å². The molecule has 1 aliphatic heterocycles. The topological polar surface area (TPSA) is 329 Å². The summed E-state index contributed by atoms with van der Waals surface area (Å²) in [4.78, 5) is 69.6. The summed E-state index contributed by atoms with van der Waals surface area (Å²) in [6.45, 7) is 1.27. The first-order chi connectivity index (χ1) is 21.2. The summed E-state index contributed by atoms with van der Waals surface area (Å²) in [5.74, 6) is -3.59. The predicted octanol–water partition coefficient (Wildman–Crippen LogP) is -1.52. The molecule has 22 nitrogen and oxygen atoms in total. The Morgan fingerprint density at radius 2 is 1.83 bits per heavy atom. The van der Waals surface area contributed by atoms with E-state index in [1.807, 2.05) is 5.32 Å². The molecular formula is C21H24N8O14S3. The molecule has 0 radical (unpaired) electrons. The SMILES string of the molecule is CC(C)(O/N=C(\C(=O)N[C@H]1C(=O)N(S(=O)(=O)O)[C@H]1CNC(=O)NS(=O)(=O)O)c1csc(N)n1)C(=O)OCc1ccc([N+](=O)[O-])cc1. The summed E-state index contributed by atoms with van der Waals surface area (Å²) in [6, 6.07) is 0.127. The number of oxime groups is 1. The van der Waals surface area contributed by atoms with Crippen LogP contribution >= 0.6 is 11.3 Å². The van der Waals surface area contributed by atoms with E-state index in [0.29, 0.717) is 5.56 Å². The van der Waals surface area contributed by atoms with Gasteiger partial charge in [0.05, 0.1) is 11.0 Å². The molecule has 46 heavy (non-hydrogen) atoms. The lowest BCUT2D eigenvalue weighted by Gasteiger charge is -2.44. The van der Waals surface area contributed by atoms with Gasteiger partial charge in [-0.25, -0.2) is 23.6 Å². The lowest BCUT2D eigenvalue weighted by molar-refractivity contribution is -0.384. The second kappa shape index (κ2) is 13.6. The number of carbonyl (C=O) groups excluding carboxylic acids is 4. The minimum atomic E-state index is -5.23. The molecule has 1 saturated heterocycles. The number of nitrogens with two attached hydrogens (primary N) is 1. The number of rotatable bonds is 13. The number of anilines is 1. The summed E-state index contributed by atoms with van der Waals surface area (Å²) >= 11 is 0.863. The number of nitrogen functional groups attached to an aromatic ring is 1. The van der Waals surface area contributed by atoms with Gasteiger partial charge in [-0.05, 0) is 31.5 Å². The van der Waals surface area contributed by atoms with Crippen molar-refractivity contribution in [2.45, 2.75) is 38.1 Å². The summed E-state index contributed by atoms with van der Waals surface area (Å²) in [5.41, 5.74) is 3.11. The highest BCUT2D eigenvalue weighted by atomic mass is 32.2. The Morgan fingerprint density at radius 3 is 2.35 bits per heavy atom. The van der Waals surface area contributed by atoms with Crippen LogP contribution in [0.1, 0.15) is 25.1 Å². The zero-order valence-electron chi connectivity index (χ0n) is 23.3. The smallest absolute Gasteiger partial charge is 0.362 e. The van der Waals surface area contributed by atoms with Gasteiger partial charge in [-0.3, -0.25) is 28.8 Å². The lowest BCUT2D eigenvalue weighted by Crippen LogP contribution is -2.74. The van der Waals surface area contributed by atoms with E-state index in [2.05, 4.69) is 15.5 Å². The summed E-state index contributed by atoms with van der Waals surface area (Å²) in [7, 11) is -10.2. The molecule has 1 fully saturated rings. The Bertz CT molecular complexity index is 1790. The van der Waals surface area contributed by atoms with Gasteiger partial charge in [0.2, 0.25) is 5.60 Å². The number of amides is 4. The summed E-state index contributed by atoms with van der Waals surface area (Å²) in [5, 5.41) is 19.7. The van der Waals surface area contributed by atoms with Crippen LogP contribution in [0.2, 0.25) is 0 Å². The van der Waals surface area contributed by atoms with Crippen molar-refractivity contribution in [1.29, 1.82) is 0 Å². The Balaban J connectivity index is 1.77. The van der Waals surface area contributed by atoms with Crippen molar-refractivity contribution in [2.24, 2.45) is 5.16 Å². The first-order valence-corrected chi connectivity index (χ1v) is 15.9. The Kier molecular flexibility index (Phi) is 10.5. The fourth-order valence-electron chi connectivity index (χ4n) is 3.56. The summed E-state index contributed by atoms with van der Waals surface area (Å²) < 4.78 is 69.3. The lowest BCUT2D eigenvalue weighted by atomic mass is 9.98. The second-order valence-electron chi connectivity index (χ2n) is 9.53. The van der Waals surface area contributed by atoms with Crippen LogP contribution in [0.3, 0.4) is 0 Å². The van der Waals surface area contributed by atoms with Crippen LogP contribution < -0.4 is 21.1 Å². The third kappa shape index (κ3) is 9.03. The molecule has 4 amide bonds. The highest BCUT2D eigenvalue weighted by Gasteiger charge is 2.54. The van der Waals surface area contributed by atoms with Crippen LogP contribution in [0, 0.1) is 10.1 Å². The molecular weight excluding hydrogens is 684 g/mol. The molecule has 0 aliphatic carbocycles. The van der Waals surface area contributed by atoms with Gasteiger partial charge >= 0.3 is 32.6 Å². The van der Waals surface area contributed by atoms with Crippen molar-refractivity contribution in [1.82, 2.24) is 24.6 Å². The largest absolute Gasteiger partial charge is 0.458 e. The standard InChI is InChI=1S/C21H24N8O14S3/c1-21(2,18(32)42-8-10-3-5-11(6-4-10)29(34)35)43-26-14(12-9-44-19(22)24-12)16(30)25-15-13(28(17(15)31)46(39,40)41)7-23-20(33)27-45(36,37)38/h3-6,9,13,15H,7-8H2,1-2H3,(H2,22,24)(H,25,30)(H2,23,27,33)(H,36,37,38)(H,39,40,41)/b26-14-/t13-,15+/m0/s1. The van der Waals surface area contributed by atoms with E-state index >= 15 is 0 Å². The number of thiazole rings is 1. The molecule has 2 aromatic rings. The number of non-ortho nitro benzene ring substituents is 1.